The average Bonchev–Trinajstić information content (AvgIpc) is 2.85. The van der Waals surface area contributed by atoms with Crippen LogP contribution in [0.3, 0.4) is 0 Å². The van der Waals surface area contributed by atoms with Crippen LogP contribution in [0.2, 0.25) is 0 Å². The summed E-state index contributed by atoms with van der Waals surface area (Å²) in [5.74, 6) is 2.37. The fourth-order valence-corrected chi connectivity index (χ4v) is 5.09. The molecule has 1 fully saturated rings. The topological polar surface area (TPSA) is 70.1 Å². The van der Waals surface area contributed by atoms with E-state index < -0.39 is 0 Å². The zero-order valence-corrected chi connectivity index (χ0v) is 18.5. The maximum absolute atomic E-state index is 13.7. The third kappa shape index (κ3) is 3.89. The number of hydrogen-bond acceptors (Lipinski definition) is 4. The number of fused-ring (bicyclic) bond motifs is 2. The van der Waals surface area contributed by atoms with Gasteiger partial charge in [-0.3, -0.25) is 9.36 Å². The first-order valence-electron chi connectivity index (χ1n) is 11.4. The van der Waals surface area contributed by atoms with Crippen molar-refractivity contribution >= 4 is 21.7 Å². The predicted molar refractivity (Wildman–Crippen MR) is 130 cm³/mol. The normalized spacial score (nSPS) is 18.8. The minimum absolute atomic E-state index is 0.00747. The quantitative estimate of drug-likeness (QED) is 0.487. The van der Waals surface area contributed by atoms with Gasteiger partial charge in [0.2, 0.25) is 0 Å². The van der Waals surface area contributed by atoms with Crippen LogP contribution in [0.1, 0.15) is 25.7 Å². The molecule has 2 atom stereocenters. The van der Waals surface area contributed by atoms with E-state index in [0.717, 1.165) is 36.2 Å². The summed E-state index contributed by atoms with van der Waals surface area (Å²) in [6, 6.07) is 20.1. The van der Waals surface area contributed by atoms with E-state index in [0.29, 0.717) is 35.0 Å². The first kappa shape index (κ1) is 20.7. The van der Waals surface area contributed by atoms with Crippen molar-refractivity contribution in [1.82, 2.24) is 9.55 Å². The van der Waals surface area contributed by atoms with E-state index in [1.807, 2.05) is 28.8 Å². The van der Waals surface area contributed by atoms with Crippen LogP contribution in [0, 0.1) is 11.8 Å². The van der Waals surface area contributed by atoms with E-state index >= 15 is 0 Å². The Hall–Kier alpha value is -3.18. The Kier molecular flexibility index (Phi) is 5.66. The molecule has 1 aromatic heterocycles. The van der Waals surface area contributed by atoms with E-state index in [1.165, 1.54) is 18.2 Å². The van der Waals surface area contributed by atoms with Crippen LogP contribution >= 0.6 is 0 Å². The van der Waals surface area contributed by atoms with Crippen LogP contribution < -0.4 is 16.0 Å². The van der Waals surface area contributed by atoms with E-state index in [-0.39, 0.29) is 5.56 Å². The highest BCUT2D eigenvalue weighted by atomic mass is 16.5. The van der Waals surface area contributed by atoms with Gasteiger partial charge in [0.05, 0.1) is 18.0 Å². The van der Waals surface area contributed by atoms with Crippen molar-refractivity contribution in [3.63, 3.8) is 0 Å². The summed E-state index contributed by atoms with van der Waals surface area (Å²) >= 11 is 0. The van der Waals surface area contributed by atoms with Crippen molar-refractivity contribution in [1.29, 1.82) is 0 Å². The summed E-state index contributed by atoms with van der Waals surface area (Å²) in [6.45, 7) is 1.38. The smallest absolute Gasteiger partial charge is 0.261 e. The van der Waals surface area contributed by atoms with Crippen LogP contribution in [-0.4, -0.2) is 23.2 Å². The predicted octanol–water partition coefficient (Wildman–Crippen LogP) is 4.99. The van der Waals surface area contributed by atoms with E-state index in [2.05, 4.69) is 30.3 Å². The lowest BCUT2D eigenvalue weighted by molar-refractivity contribution is 0.246. The number of rotatable bonds is 5. The van der Waals surface area contributed by atoms with Crippen molar-refractivity contribution in [2.45, 2.75) is 32.2 Å². The van der Waals surface area contributed by atoms with Crippen LogP contribution in [-0.2, 0) is 6.54 Å². The Morgan fingerprint density at radius 3 is 2.66 bits per heavy atom. The molecule has 1 aliphatic carbocycles. The molecule has 0 amide bonds. The zero-order valence-electron chi connectivity index (χ0n) is 18.5. The van der Waals surface area contributed by atoms with Crippen molar-refractivity contribution in [2.75, 3.05) is 13.7 Å². The van der Waals surface area contributed by atoms with Gasteiger partial charge in [-0.1, -0.05) is 42.8 Å². The lowest BCUT2D eigenvalue weighted by atomic mass is 9.81. The molecule has 164 valence electrons. The molecule has 5 nitrogen and oxygen atoms in total. The summed E-state index contributed by atoms with van der Waals surface area (Å²) in [6.07, 6.45) is 4.54. The van der Waals surface area contributed by atoms with Gasteiger partial charge in [-0.25, -0.2) is 4.98 Å². The van der Waals surface area contributed by atoms with Gasteiger partial charge in [0.15, 0.2) is 0 Å². The summed E-state index contributed by atoms with van der Waals surface area (Å²) < 4.78 is 7.25. The summed E-state index contributed by atoms with van der Waals surface area (Å²) in [5, 5.41) is 2.91. The number of hydrogen-bond donors (Lipinski definition) is 1. The molecule has 2 unspecified atom stereocenters. The number of nitrogens with two attached hydrogens (primary N) is 1. The second kappa shape index (κ2) is 8.75. The maximum atomic E-state index is 13.7. The second-order valence-corrected chi connectivity index (χ2v) is 8.93. The molecule has 5 heteroatoms. The van der Waals surface area contributed by atoms with Gasteiger partial charge in [-0.2, -0.15) is 0 Å². The average molecular weight is 428 g/mol. The van der Waals surface area contributed by atoms with Crippen LogP contribution in [0.4, 0.5) is 0 Å². The monoisotopic (exact) mass is 427 g/mol. The molecule has 3 aromatic carbocycles. The van der Waals surface area contributed by atoms with Crippen LogP contribution in [0.25, 0.3) is 33.1 Å². The van der Waals surface area contributed by atoms with Crippen molar-refractivity contribution in [3.8, 4) is 17.1 Å². The minimum atomic E-state index is -0.00747. The molecular weight excluding hydrogens is 398 g/mol. The van der Waals surface area contributed by atoms with Gasteiger partial charge < -0.3 is 10.5 Å². The molecular formula is C27H29N3O2. The van der Waals surface area contributed by atoms with E-state index in [9.17, 15) is 4.79 Å². The Labute approximate surface area is 187 Å². The largest absolute Gasteiger partial charge is 0.497 e. The van der Waals surface area contributed by atoms with Gasteiger partial charge in [0.25, 0.3) is 5.56 Å². The highest BCUT2D eigenvalue weighted by Gasteiger charge is 2.24. The summed E-state index contributed by atoms with van der Waals surface area (Å²) in [5.41, 5.74) is 7.62. The Morgan fingerprint density at radius 2 is 1.84 bits per heavy atom. The molecule has 1 aliphatic rings. The molecule has 0 bridgehead atoms. The third-order valence-electron chi connectivity index (χ3n) is 6.83. The highest BCUT2D eigenvalue weighted by molar-refractivity contribution is 5.87. The molecule has 4 aromatic rings. The van der Waals surface area contributed by atoms with Gasteiger partial charge >= 0.3 is 0 Å². The zero-order chi connectivity index (χ0) is 22.1. The molecule has 5 rings (SSSR count). The summed E-state index contributed by atoms with van der Waals surface area (Å²) in [4.78, 5) is 18.7. The summed E-state index contributed by atoms with van der Waals surface area (Å²) in [7, 11) is 1.62. The maximum Gasteiger partial charge on any atom is 0.261 e. The fourth-order valence-electron chi connectivity index (χ4n) is 5.09. The fraction of sp³-hybridized carbons (Fsp3) is 0.333. The standard InChI is InChI=1S/C27H29N3O2/c1-32-23-11-12-25-24(15-23)27(31)30(17-19-6-4-5-18(13-19)16-28)26(29-25)22-10-9-20-7-2-3-8-21(20)14-22/h2-3,7-12,14-15,18-19H,4-6,13,16-17,28H2,1H3. The Morgan fingerprint density at radius 1 is 1.03 bits per heavy atom. The first-order chi connectivity index (χ1) is 15.7. The third-order valence-corrected chi connectivity index (χ3v) is 6.83. The minimum Gasteiger partial charge on any atom is -0.497 e. The van der Waals surface area contributed by atoms with Gasteiger partial charge in [-0.15, -0.1) is 0 Å². The molecule has 0 radical (unpaired) electrons. The Bertz CT molecular complexity index is 1330. The Balaban J connectivity index is 1.67. The molecule has 32 heavy (non-hydrogen) atoms. The molecule has 0 saturated heterocycles. The molecule has 0 spiro atoms. The molecule has 1 saturated carbocycles. The highest BCUT2D eigenvalue weighted by Crippen LogP contribution is 2.31. The number of benzene rings is 3. The SMILES string of the molecule is COc1ccc2nc(-c3ccc4ccccc4c3)n(CC3CCCC(CN)C3)c(=O)c2c1. The van der Waals surface area contributed by atoms with Crippen molar-refractivity contribution in [2.24, 2.45) is 17.6 Å². The first-order valence-corrected chi connectivity index (χ1v) is 11.4. The lowest BCUT2D eigenvalue weighted by Crippen LogP contribution is -2.30. The van der Waals surface area contributed by atoms with Gasteiger partial charge in [-0.05, 0) is 72.7 Å². The second-order valence-electron chi connectivity index (χ2n) is 8.93. The number of aromatic nitrogens is 2. The van der Waals surface area contributed by atoms with Gasteiger partial charge in [0, 0.05) is 12.1 Å². The van der Waals surface area contributed by atoms with E-state index in [4.69, 9.17) is 15.5 Å². The van der Waals surface area contributed by atoms with Crippen molar-refractivity contribution in [3.05, 3.63) is 71.0 Å². The number of nitrogens with zero attached hydrogens (tertiary/aromatic N) is 2. The molecule has 1 heterocycles. The number of methoxy groups -OCH3 is 1. The van der Waals surface area contributed by atoms with Crippen LogP contribution in [0.15, 0.2) is 65.5 Å². The lowest BCUT2D eigenvalue weighted by Gasteiger charge is -2.29. The van der Waals surface area contributed by atoms with Crippen molar-refractivity contribution < 1.29 is 4.74 Å². The van der Waals surface area contributed by atoms with E-state index in [1.54, 1.807) is 13.2 Å². The van der Waals surface area contributed by atoms with Gasteiger partial charge in [0.1, 0.15) is 11.6 Å². The molecule has 2 N–H and O–H groups in total. The number of ether oxygens (including phenoxy) is 1. The van der Waals surface area contributed by atoms with Crippen LogP contribution in [0.5, 0.6) is 5.75 Å². The molecule has 0 aliphatic heterocycles.